The van der Waals surface area contributed by atoms with Gasteiger partial charge in [-0.15, -0.1) is 0 Å². The second-order valence-corrected chi connectivity index (χ2v) is 13.6. The molecule has 0 bridgehead atoms. The number of likely N-dealkylation sites (tertiary alicyclic amines) is 1. The fourth-order valence-electron chi connectivity index (χ4n) is 3.19. The Kier molecular flexibility index (Phi) is 6.46. The number of carbonyl (C=O) groups is 1. The van der Waals surface area contributed by atoms with Crippen molar-refractivity contribution < 1.29 is 14.3 Å². The van der Waals surface area contributed by atoms with E-state index in [0.29, 0.717) is 13.2 Å². The van der Waals surface area contributed by atoms with E-state index in [1.807, 2.05) is 18.2 Å². The molecule has 1 heterocycles. The van der Waals surface area contributed by atoms with Crippen LogP contribution in [0.1, 0.15) is 32.8 Å². The van der Waals surface area contributed by atoms with Gasteiger partial charge in [0.1, 0.15) is 0 Å². The second-order valence-electron chi connectivity index (χ2n) is 8.78. The van der Waals surface area contributed by atoms with Gasteiger partial charge in [0.05, 0.1) is 5.92 Å². The van der Waals surface area contributed by atoms with Crippen molar-refractivity contribution in [1.82, 2.24) is 4.90 Å². The fourth-order valence-corrected chi connectivity index (χ4v) is 4.25. The molecule has 0 spiro atoms. The molecule has 2 atom stereocenters. The molecule has 1 N–H and O–H groups in total. The number of carboxylic acid groups (broad SMARTS) is 1. The molecule has 0 saturated carbocycles. The van der Waals surface area contributed by atoms with Crippen molar-refractivity contribution in [2.75, 3.05) is 19.7 Å². The minimum atomic E-state index is -1.77. The molecule has 5 heteroatoms. The van der Waals surface area contributed by atoms with Crippen molar-refractivity contribution in [2.45, 2.75) is 51.9 Å². The lowest BCUT2D eigenvalue weighted by Gasteiger charge is -2.36. The van der Waals surface area contributed by atoms with Gasteiger partial charge in [0.2, 0.25) is 0 Å². The summed E-state index contributed by atoms with van der Waals surface area (Å²) < 4.78 is 6.26. The van der Waals surface area contributed by atoms with Crippen molar-refractivity contribution in [3.05, 3.63) is 35.9 Å². The molecular formula is C20H33NO3Si. The average molecular weight is 364 g/mol. The first kappa shape index (κ1) is 20.1. The van der Waals surface area contributed by atoms with Crippen LogP contribution in [-0.4, -0.2) is 44.0 Å². The third-order valence-electron chi connectivity index (χ3n) is 5.84. The van der Waals surface area contributed by atoms with Crippen molar-refractivity contribution >= 4 is 14.3 Å². The Balaban J connectivity index is 1.91. The highest BCUT2D eigenvalue weighted by Gasteiger charge is 2.39. The number of nitrogens with zero attached hydrogens (tertiary/aromatic N) is 1. The quantitative estimate of drug-likeness (QED) is 0.737. The van der Waals surface area contributed by atoms with E-state index in [-0.39, 0.29) is 16.9 Å². The second kappa shape index (κ2) is 8.02. The zero-order valence-electron chi connectivity index (χ0n) is 16.3. The number of carboxylic acids is 1. The fraction of sp³-hybridized carbons (Fsp3) is 0.650. The molecule has 25 heavy (non-hydrogen) atoms. The normalized spacial score (nSPS) is 22.3. The van der Waals surface area contributed by atoms with Crippen molar-refractivity contribution in [3.8, 4) is 0 Å². The van der Waals surface area contributed by atoms with Crippen LogP contribution in [0.15, 0.2) is 30.3 Å². The Morgan fingerprint density at radius 3 is 2.44 bits per heavy atom. The molecule has 4 nitrogen and oxygen atoms in total. The van der Waals surface area contributed by atoms with Crippen LogP contribution in [0.2, 0.25) is 18.1 Å². The van der Waals surface area contributed by atoms with Crippen LogP contribution in [0.25, 0.3) is 0 Å². The van der Waals surface area contributed by atoms with E-state index in [0.717, 1.165) is 19.5 Å². The zero-order valence-corrected chi connectivity index (χ0v) is 17.3. The van der Waals surface area contributed by atoms with Crippen LogP contribution in [0.4, 0.5) is 0 Å². The van der Waals surface area contributed by atoms with E-state index in [9.17, 15) is 9.90 Å². The maximum Gasteiger partial charge on any atom is 0.308 e. The lowest BCUT2D eigenvalue weighted by atomic mass is 9.93. The van der Waals surface area contributed by atoms with Gasteiger partial charge < -0.3 is 9.53 Å². The van der Waals surface area contributed by atoms with Crippen LogP contribution in [0.3, 0.4) is 0 Å². The number of benzene rings is 1. The molecule has 1 aliphatic heterocycles. The number of hydrogen-bond donors (Lipinski definition) is 1. The highest BCUT2D eigenvalue weighted by atomic mass is 28.4. The van der Waals surface area contributed by atoms with E-state index >= 15 is 0 Å². The summed E-state index contributed by atoms with van der Waals surface area (Å²) in [6.07, 6.45) is 0.828. The summed E-state index contributed by atoms with van der Waals surface area (Å²) in [7, 11) is -1.77. The van der Waals surface area contributed by atoms with Gasteiger partial charge in [-0.25, -0.2) is 0 Å². The SMILES string of the molecule is CC(C)(C)[Si](C)(C)OCCC1CN(Cc2ccccc2)CC1C(=O)O. The predicted octanol–water partition coefficient (Wildman–Crippen LogP) is 4.23. The van der Waals surface area contributed by atoms with Gasteiger partial charge in [-0.2, -0.15) is 0 Å². The molecule has 0 amide bonds. The molecular weight excluding hydrogens is 330 g/mol. The highest BCUT2D eigenvalue weighted by Crippen LogP contribution is 2.37. The monoisotopic (exact) mass is 363 g/mol. The van der Waals surface area contributed by atoms with Crippen LogP contribution < -0.4 is 0 Å². The Morgan fingerprint density at radius 1 is 1.24 bits per heavy atom. The Bertz CT molecular complexity index is 568. The van der Waals surface area contributed by atoms with E-state index < -0.39 is 14.3 Å². The molecule has 1 aliphatic rings. The third kappa shape index (κ3) is 5.40. The van der Waals surface area contributed by atoms with Crippen molar-refractivity contribution in [2.24, 2.45) is 11.8 Å². The molecule has 0 radical (unpaired) electrons. The van der Waals surface area contributed by atoms with E-state index in [1.54, 1.807) is 0 Å². The average Bonchev–Trinajstić information content (AvgIpc) is 2.90. The summed E-state index contributed by atoms with van der Waals surface area (Å²) in [6.45, 7) is 14.2. The smallest absolute Gasteiger partial charge is 0.308 e. The van der Waals surface area contributed by atoms with Crippen LogP contribution >= 0.6 is 0 Å². The van der Waals surface area contributed by atoms with E-state index in [1.165, 1.54) is 5.56 Å². The Hall–Kier alpha value is -1.17. The molecule has 1 aromatic rings. The first-order valence-corrected chi connectivity index (χ1v) is 12.1. The molecule has 1 saturated heterocycles. The highest BCUT2D eigenvalue weighted by molar-refractivity contribution is 6.74. The van der Waals surface area contributed by atoms with Gasteiger partial charge in [-0.3, -0.25) is 9.69 Å². The molecule has 0 aliphatic carbocycles. The topological polar surface area (TPSA) is 49.8 Å². The van der Waals surface area contributed by atoms with E-state index in [4.69, 9.17) is 4.43 Å². The van der Waals surface area contributed by atoms with E-state index in [2.05, 4.69) is 50.9 Å². The summed E-state index contributed by atoms with van der Waals surface area (Å²) in [5.41, 5.74) is 1.24. The molecule has 0 aromatic heterocycles. The maximum absolute atomic E-state index is 11.7. The van der Waals surface area contributed by atoms with Gasteiger partial charge >= 0.3 is 5.97 Å². The number of aliphatic carboxylic acids is 1. The lowest BCUT2D eigenvalue weighted by molar-refractivity contribution is -0.142. The minimum Gasteiger partial charge on any atom is -0.481 e. The van der Waals surface area contributed by atoms with Crippen molar-refractivity contribution in [1.29, 1.82) is 0 Å². The van der Waals surface area contributed by atoms with Gasteiger partial charge in [-0.05, 0) is 36.0 Å². The predicted molar refractivity (Wildman–Crippen MR) is 104 cm³/mol. The summed E-state index contributed by atoms with van der Waals surface area (Å²) in [6, 6.07) is 10.3. The largest absolute Gasteiger partial charge is 0.481 e. The molecule has 1 aromatic carbocycles. The van der Waals surface area contributed by atoms with Crippen LogP contribution in [0.5, 0.6) is 0 Å². The summed E-state index contributed by atoms with van der Waals surface area (Å²) in [5, 5.41) is 9.79. The molecule has 140 valence electrons. The number of rotatable bonds is 7. The minimum absolute atomic E-state index is 0.172. The van der Waals surface area contributed by atoms with Crippen molar-refractivity contribution in [3.63, 3.8) is 0 Å². The van der Waals surface area contributed by atoms with Crippen LogP contribution in [-0.2, 0) is 15.8 Å². The van der Waals surface area contributed by atoms with Gasteiger partial charge in [0.15, 0.2) is 8.32 Å². The van der Waals surface area contributed by atoms with Crippen LogP contribution in [0, 0.1) is 11.8 Å². The first-order chi connectivity index (χ1) is 11.6. The summed E-state index contributed by atoms with van der Waals surface area (Å²) in [5.74, 6) is -0.786. The standard InChI is InChI=1S/C20H33NO3Si/c1-20(2,3)25(4,5)24-12-11-17-14-21(15-18(17)19(22)23)13-16-9-7-6-8-10-16/h6-10,17-18H,11-15H2,1-5H3,(H,22,23). The van der Waals surface area contributed by atoms with Gasteiger partial charge in [-0.1, -0.05) is 51.1 Å². The first-order valence-electron chi connectivity index (χ1n) is 9.23. The third-order valence-corrected chi connectivity index (χ3v) is 10.4. The molecule has 1 fully saturated rings. The number of hydrogen-bond acceptors (Lipinski definition) is 3. The molecule has 2 rings (SSSR count). The maximum atomic E-state index is 11.7. The Morgan fingerprint density at radius 2 is 1.88 bits per heavy atom. The summed E-state index contributed by atoms with van der Waals surface area (Å²) >= 11 is 0. The summed E-state index contributed by atoms with van der Waals surface area (Å²) in [4.78, 5) is 13.9. The Labute approximate surface area is 153 Å². The zero-order chi connectivity index (χ0) is 18.7. The molecule has 2 unspecified atom stereocenters. The van der Waals surface area contributed by atoms with Gasteiger partial charge in [0.25, 0.3) is 0 Å². The lowest BCUT2D eigenvalue weighted by Crippen LogP contribution is -2.41. The van der Waals surface area contributed by atoms with Gasteiger partial charge in [0, 0.05) is 26.2 Å².